The van der Waals surface area contributed by atoms with Crippen LogP contribution in [0, 0.1) is 5.82 Å². The van der Waals surface area contributed by atoms with Crippen molar-refractivity contribution in [3.63, 3.8) is 0 Å². The predicted molar refractivity (Wildman–Crippen MR) is 95.1 cm³/mol. The highest BCUT2D eigenvalue weighted by molar-refractivity contribution is 6.32. The standard InChI is InChI=1S/C18H16ClFN2O3/c1-10(25-9-23)13-8-21-15-5-11(19)6-16(18(13)15)22-12-3-4-14(20)17(7-12)24-2/h3-10,21-22H,1-2H3. The van der Waals surface area contributed by atoms with Gasteiger partial charge in [-0.2, -0.15) is 0 Å². The first kappa shape index (κ1) is 17.1. The molecule has 0 aliphatic heterocycles. The Kier molecular flexibility index (Phi) is 4.81. The van der Waals surface area contributed by atoms with Gasteiger partial charge in [0.25, 0.3) is 6.47 Å². The molecule has 2 N–H and O–H groups in total. The van der Waals surface area contributed by atoms with Gasteiger partial charge in [-0.1, -0.05) is 11.6 Å². The van der Waals surface area contributed by atoms with Gasteiger partial charge in [0.15, 0.2) is 11.6 Å². The molecule has 0 saturated carbocycles. The summed E-state index contributed by atoms with van der Waals surface area (Å²) in [6, 6.07) is 8.01. The summed E-state index contributed by atoms with van der Waals surface area (Å²) in [5.41, 5.74) is 2.93. The summed E-state index contributed by atoms with van der Waals surface area (Å²) in [7, 11) is 1.41. The van der Waals surface area contributed by atoms with Crippen molar-refractivity contribution in [1.82, 2.24) is 4.98 Å². The molecule has 0 aliphatic carbocycles. The molecule has 7 heteroatoms. The molecule has 0 spiro atoms. The van der Waals surface area contributed by atoms with Crippen LogP contribution in [0.5, 0.6) is 5.75 Å². The maximum atomic E-state index is 13.6. The molecule has 1 heterocycles. The van der Waals surface area contributed by atoms with E-state index in [-0.39, 0.29) is 5.75 Å². The molecule has 0 fully saturated rings. The number of carbonyl (C=O) groups is 1. The van der Waals surface area contributed by atoms with Crippen LogP contribution in [0.2, 0.25) is 5.02 Å². The number of anilines is 2. The molecular formula is C18H16ClFN2O3. The Morgan fingerprint density at radius 1 is 1.32 bits per heavy atom. The van der Waals surface area contributed by atoms with Crippen molar-refractivity contribution in [1.29, 1.82) is 0 Å². The summed E-state index contributed by atoms with van der Waals surface area (Å²) in [6.45, 7) is 2.19. The second-order valence-electron chi connectivity index (χ2n) is 5.47. The van der Waals surface area contributed by atoms with Gasteiger partial charge in [0.05, 0.1) is 7.11 Å². The fraction of sp³-hybridized carbons (Fsp3) is 0.167. The van der Waals surface area contributed by atoms with Crippen LogP contribution in [-0.4, -0.2) is 18.6 Å². The summed E-state index contributed by atoms with van der Waals surface area (Å²) in [6.07, 6.45) is 1.33. The number of methoxy groups -OCH3 is 1. The zero-order chi connectivity index (χ0) is 18.0. The van der Waals surface area contributed by atoms with E-state index in [1.807, 2.05) is 0 Å². The quantitative estimate of drug-likeness (QED) is 0.609. The number of rotatable bonds is 6. The number of benzene rings is 2. The summed E-state index contributed by atoms with van der Waals surface area (Å²) in [5.74, 6) is -0.310. The Balaban J connectivity index is 2.08. The van der Waals surface area contributed by atoms with Crippen LogP contribution >= 0.6 is 11.6 Å². The average Bonchev–Trinajstić information content (AvgIpc) is 3.00. The van der Waals surface area contributed by atoms with Gasteiger partial charge in [-0.25, -0.2) is 4.39 Å². The molecule has 5 nitrogen and oxygen atoms in total. The Hall–Kier alpha value is -2.73. The predicted octanol–water partition coefficient (Wildman–Crippen LogP) is 4.95. The van der Waals surface area contributed by atoms with E-state index in [0.29, 0.717) is 22.9 Å². The maximum absolute atomic E-state index is 13.6. The number of H-pyrrole nitrogens is 1. The molecule has 0 saturated heterocycles. The van der Waals surface area contributed by atoms with E-state index in [1.54, 1.807) is 37.4 Å². The minimum Gasteiger partial charge on any atom is -0.494 e. The van der Waals surface area contributed by atoms with Crippen molar-refractivity contribution >= 4 is 40.4 Å². The number of ether oxygens (including phenoxy) is 2. The largest absolute Gasteiger partial charge is 0.494 e. The molecule has 1 unspecified atom stereocenters. The van der Waals surface area contributed by atoms with Crippen molar-refractivity contribution in [2.45, 2.75) is 13.0 Å². The Labute approximate surface area is 148 Å². The van der Waals surface area contributed by atoms with Crippen molar-refractivity contribution in [2.24, 2.45) is 0 Å². The number of aromatic amines is 1. The van der Waals surface area contributed by atoms with E-state index in [0.717, 1.165) is 16.5 Å². The Bertz CT molecular complexity index is 926. The number of nitrogens with one attached hydrogen (secondary N) is 2. The van der Waals surface area contributed by atoms with Gasteiger partial charge in [-0.05, 0) is 31.2 Å². The highest BCUT2D eigenvalue weighted by Gasteiger charge is 2.16. The van der Waals surface area contributed by atoms with Crippen LogP contribution in [0.1, 0.15) is 18.6 Å². The molecule has 1 aromatic heterocycles. The molecule has 0 radical (unpaired) electrons. The zero-order valence-corrected chi connectivity index (χ0v) is 14.4. The summed E-state index contributed by atoms with van der Waals surface area (Å²) >= 11 is 6.19. The van der Waals surface area contributed by atoms with Gasteiger partial charge in [0.2, 0.25) is 0 Å². The lowest BCUT2D eigenvalue weighted by Crippen LogP contribution is -1.99. The number of fused-ring (bicyclic) bond motifs is 1. The van der Waals surface area contributed by atoms with Crippen LogP contribution in [0.25, 0.3) is 10.9 Å². The maximum Gasteiger partial charge on any atom is 0.293 e. The summed E-state index contributed by atoms with van der Waals surface area (Å²) in [5, 5.41) is 4.58. The Morgan fingerprint density at radius 3 is 2.84 bits per heavy atom. The molecule has 3 rings (SSSR count). The lowest BCUT2D eigenvalue weighted by molar-refractivity contribution is -0.133. The average molecular weight is 363 g/mol. The third kappa shape index (κ3) is 3.39. The molecule has 130 valence electrons. The zero-order valence-electron chi connectivity index (χ0n) is 13.6. The number of carbonyl (C=O) groups excluding carboxylic acids is 1. The van der Waals surface area contributed by atoms with E-state index < -0.39 is 11.9 Å². The van der Waals surface area contributed by atoms with Gasteiger partial charge in [-0.3, -0.25) is 4.79 Å². The van der Waals surface area contributed by atoms with Crippen molar-refractivity contribution in [3.8, 4) is 5.75 Å². The molecular weight excluding hydrogens is 347 g/mol. The fourth-order valence-corrected chi connectivity index (χ4v) is 2.95. The normalized spacial score (nSPS) is 12.0. The minimum absolute atomic E-state index is 0.134. The molecule has 0 bridgehead atoms. The second kappa shape index (κ2) is 7.03. The summed E-state index contributed by atoms with van der Waals surface area (Å²) < 4.78 is 23.7. The summed E-state index contributed by atoms with van der Waals surface area (Å²) in [4.78, 5) is 13.8. The van der Waals surface area contributed by atoms with Crippen LogP contribution < -0.4 is 10.1 Å². The second-order valence-corrected chi connectivity index (χ2v) is 5.91. The number of hydrogen-bond acceptors (Lipinski definition) is 4. The fourth-order valence-electron chi connectivity index (χ4n) is 2.73. The van der Waals surface area contributed by atoms with Crippen LogP contribution in [-0.2, 0) is 9.53 Å². The van der Waals surface area contributed by atoms with Crippen LogP contribution in [0.15, 0.2) is 36.5 Å². The highest BCUT2D eigenvalue weighted by Crippen LogP contribution is 2.36. The van der Waals surface area contributed by atoms with Gasteiger partial charge < -0.3 is 19.8 Å². The number of aromatic nitrogens is 1. The van der Waals surface area contributed by atoms with Crippen LogP contribution in [0.3, 0.4) is 0 Å². The molecule has 1 atom stereocenters. The SMILES string of the molecule is COc1cc(Nc2cc(Cl)cc3[nH]cc(C(C)OC=O)c23)ccc1F. The molecule has 0 aliphatic rings. The van der Waals surface area contributed by atoms with E-state index in [1.165, 1.54) is 13.2 Å². The Morgan fingerprint density at radius 2 is 2.12 bits per heavy atom. The van der Waals surface area contributed by atoms with Gasteiger partial charge in [-0.15, -0.1) is 0 Å². The van der Waals surface area contributed by atoms with E-state index >= 15 is 0 Å². The van der Waals surface area contributed by atoms with Gasteiger partial charge in [0, 0.05) is 45.1 Å². The van der Waals surface area contributed by atoms with Crippen LogP contribution in [0.4, 0.5) is 15.8 Å². The van der Waals surface area contributed by atoms with Crippen molar-refractivity contribution < 1.29 is 18.7 Å². The smallest absolute Gasteiger partial charge is 0.293 e. The number of hydrogen-bond donors (Lipinski definition) is 2. The van der Waals surface area contributed by atoms with E-state index in [9.17, 15) is 9.18 Å². The molecule has 2 aromatic carbocycles. The first-order chi connectivity index (χ1) is 12.0. The van der Waals surface area contributed by atoms with E-state index in [4.69, 9.17) is 21.1 Å². The van der Waals surface area contributed by atoms with Crippen molar-refractivity contribution in [2.75, 3.05) is 12.4 Å². The third-order valence-corrected chi connectivity index (χ3v) is 4.12. The first-order valence-electron chi connectivity index (χ1n) is 7.53. The lowest BCUT2D eigenvalue weighted by atomic mass is 10.1. The van der Waals surface area contributed by atoms with Gasteiger partial charge >= 0.3 is 0 Å². The number of halogens is 2. The topological polar surface area (TPSA) is 63.4 Å². The van der Waals surface area contributed by atoms with E-state index in [2.05, 4.69) is 10.3 Å². The monoisotopic (exact) mass is 362 g/mol. The van der Waals surface area contributed by atoms with Crippen molar-refractivity contribution in [3.05, 3.63) is 52.9 Å². The lowest BCUT2D eigenvalue weighted by Gasteiger charge is -2.14. The third-order valence-electron chi connectivity index (χ3n) is 3.90. The van der Waals surface area contributed by atoms with Gasteiger partial charge in [0.1, 0.15) is 6.10 Å². The molecule has 0 amide bonds. The minimum atomic E-state index is -0.445. The first-order valence-corrected chi connectivity index (χ1v) is 7.91. The molecule has 25 heavy (non-hydrogen) atoms. The molecule has 3 aromatic rings. The highest BCUT2D eigenvalue weighted by atomic mass is 35.5.